The van der Waals surface area contributed by atoms with Crippen LogP contribution in [0.4, 0.5) is 5.82 Å². The van der Waals surface area contributed by atoms with Crippen molar-refractivity contribution in [2.24, 2.45) is 5.73 Å². The zero-order valence-corrected chi connectivity index (χ0v) is 22.4. The summed E-state index contributed by atoms with van der Waals surface area (Å²) in [4.78, 5) is 0.190. The Morgan fingerprint density at radius 2 is 1.76 bits per heavy atom. The number of rotatable bonds is 5. The van der Waals surface area contributed by atoms with Gasteiger partial charge in [0.25, 0.3) is 10.0 Å². The van der Waals surface area contributed by atoms with Gasteiger partial charge in [0.15, 0.2) is 19.1 Å². The van der Waals surface area contributed by atoms with Gasteiger partial charge < -0.3 is 0 Å². The molecule has 4 rings (SSSR count). The molecule has 0 bridgehead atoms. The van der Waals surface area contributed by atoms with Gasteiger partial charge in [-0.3, -0.25) is 10.5 Å². The van der Waals surface area contributed by atoms with E-state index in [1.54, 1.807) is 28.8 Å². The summed E-state index contributed by atoms with van der Waals surface area (Å²) in [6, 6.07) is 14.2. The van der Waals surface area contributed by atoms with E-state index in [9.17, 15) is 8.42 Å². The molecule has 33 heavy (non-hydrogen) atoms. The second kappa shape index (κ2) is 8.83. The average molecular weight is 594 g/mol. The van der Waals surface area contributed by atoms with Crippen LogP contribution < -0.4 is 15.0 Å². The lowest BCUT2D eigenvalue weighted by Gasteiger charge is -2.19. The monoisotopic (exact) mass is 592 g/mol. The lowest BCUT2D eigenvalue weighted by atomic mass is 9.87. The minimum Gasteiger partial charge on any atom is -0.275 e. The average Bonchev–Trinajstić information content (AvgIpc) is 3.21. The third-order valence-electron chi connectivity index (χ3n) is 5.23. The molecule has 1 aromatic carbocycles. The van der Waals surface area contributed by atoms with Gasteiger partial charge in [-0.25, -0.2) is 12.9 Å². The highest BCUT2D eigenvalue weighted by atomic mass is 79.9. The third kappa shape index (κ3) is 4.98. The number of hydrogen-bond acceptors (Lipinski definition) is 4. The lowest BCUT2D eigenvalue weighted by molar-refractivity contribution is -0.696. The quantitative estimate of drug-likeness (QED) is 0.324. The Kier molecular flexibility index (Phi) is 6.38. The Labute approximate surface area is 209 Å². The first kappa shape index (κ1) is 23.9. The van der Waals surface area contributed by atoms with Crippen LogP contribution in [0.5, 0.6) is 0 Å². The van der Waals surface area contributed by atoms with Crippen molar-refractivity contribution in [3.63, 3.8) is 0 Å². The molecular formula is C23H24Br2N5O2S+. The van der Waals surface area contributed by atoms with Crippen LogP contribution >= 0.6 is 31.9 Å². The minimum atomic E-state index is -3.81. The lowest BCUT2D eigenvalue weighted by Crippen LogP contribution is -2.37. The van der Waals surface area contributed by atoms with Crippen molar-refractivity contribution >= 4 is 53.2 Å². The topological polar surface area (TPSA) is 93.4 Å². The highest BCUT2D eigenvalue weighted by molar-refractivity contribution is 9.11. The number of sulfonamides is 1. The van der Waals surface area contributed by atoms with Crippen molar-refractivity contribution in [1.82, 2.24) is 9.61 Å². The van der Waals surface area contributed by atoms with E-state index in [1.807, 2.05) is 41.2 Å². The number of nitrogens with two attached hydrogens (primary N) is 1. The number of hydrogen-bond donors (Lipinski definition) is 2. The summed E-state index contributed by atoms with van der Waals surface area (Å²) in [6.45, 7) is 6.58. The number of pyridine rings is 2. The highest BCUT2D eigenvalue weighted by Gasteiger charge is 2.20. The van der Waals surface area contributed by atoms with E-state index in [0.29, 0.717) is 18.2 Å². The SMILES string of the molecule is CC(C)(C)c1ccc(S(=O)(=O)Nc2ccc(Br)c3cc(-c4cc(Br)c[n+](CN)c4)nn23)cc1. The molecule has 0 aliphatic carbocycles. The molecule has 0 spiro atoms. The number of aromatic nitrogens is 3. The molecule has 10 heteroatoms. The van der Waals surface area contributed by atoms with Gasteiger partial charge in [-0.05, 0) is 79.2 Å². The molecule has 3 N–H and O–H groups in total. The molecular weight excluding hydrogens is 570 g/mol. The largest absolute Gasteiger partial charge is 0.275 e. The number of nitrogens with zero attached hydrogens (tertiary/aromatic N) is 3. The fraction of sp³-hybridized carbons (Fsp3) is 0.217. The second-order valence-corrected chi connectivity index (χ2v) is 12.2. The summed E-state index contributed by atoms with van der Waals surface area (Å²) >= 11 is 7.03. The number of fused-ring (bicyclic) bond motifs is 1. The molecule has 0 fully saturated rings. The van der Waals surface area contributed by atoms with E-state index in [-0.39, 0.29) is 10.3 Å². The van der Waals surface area contributed by atoms with E-state index < -0.39 is 10.0 Å². The molecule has 3 heterocycles. The van der Waals surface area contributed by atoms with Crippen molar-refractivity contribution in [2.45, 2.75) is 37.8 Å². The van der Waals surface area contributed by atoms with Crippen LogP contribution in [0.25, 0.3) is 16.8 Å². The fourth-order valence-corrected chi connectivity index (χ4v) is 5.40. The highest BCUT2D eigenvalue weighted by Crippen LogP contribution is 2.29. The normalized spacial score (nSPS) is 12.3. The molecule has 3 aromatic heterocycles. The third-order valence-corrected chi connectivity index (χ3v) is 7.71. The van der Waals surface area contributed by atoms with Crippen molar-refractivity contribution in [1.29, 1.82) is 0 Å². The van der Waals surface area contributed by atoms with Gasteiger partial charge in [-0.2, -0.15) is 9.67 Å². The van der Waals surface area contributed by atoms with Crippen LogP contribution in [0.15, 0.2) is 74.8 Å². The van der Waals surface area contributed by atoms with Gasteiger partial charge in [0, 0.05) is 4.47 Å². The Morgan fingerprint density at radius 1 is 1.06 bits per heavy atom. The van der Waals surface area contributed by atoms with Gasteiger partial charge >= 0.3 is 0 Å². The van der Waals surface area contributed by atoms with Crippen LogP contribution in [0.1, 0.15) is 26.3 Å². The van der Waals surface area contributed by atoms with Crippen molar-refractivity contribution in [3.05, 3.63) is 75.4 Å². The van der Waals surface area contributed by atoms with Crippen LogP contribution in [0.2, 0.25) is 0 Å². The van der Waals surface area contributed by atoms with E-state index >= 15 is 0 Å². The molecule has 7 nitrogen and oxygen atoms in total. The van der Waals surface area contributed by atoms with Crippen LogP contribution in [-0.2, 0) is 22.1 Å². The number of halogens is 2. The van der Waals surface area contributed by atoms with Gasteiger partial charge in [0.1, 0.15) is 5.82 Å². The van der Waals surface area contributed by atoms with Crippen molar-refractivity contribution in [2.75, 3.05) is 4.72 Å². The maximum atomic E-state index is 13.1. The molecule has 172 valence electrons. The van der Waals surface area contributed by atoms with Gasteiger partial charge in [-0.1, -0.05) is 32.9 Å². The van der Waals surface area contributed by atoms with Crippen molar-refractivity contribution < 1.29 is 13.0 Å². The van der Waals surface area contributed by atoms with Gasteiger partial charge in [-0.15, -0.1) is 0 Å². The second-order valence-electron chi connectivity index (χ2n) is 8.71. The Morgan fingerprint density at radius 3 is 2.39 bits per heavy atom. The zero-order valence-electron chi connectivity index (χ0n) is 18.4. The number of anilines is 1. The van der Waals surface area contributed by atoms with Gasteiger partial charge in [0.05, 0.1) is 26.1 Å². The first-order chi connectivity index (χ1) is 15.5. The van der Waals surface area contributed by atoms with Crippen LogP contribution in [0, 0.1) is 0 Å². The maximum absolute atomic E-state index is 13.1. The molecule has 0 saturated carbocycles. The summed E-state index contributed by atoms with van der Waals surface area (Å²) in [5.41, 5.74) is 9.03. The van der Waals surface area contributed by atoms with E-state index in [0.717, 1.165) is 25.6 Å². The minimum absolute atomic E-state index is 0.0620. The molecule has 0 aliphatic rings. The fourth-order valence-electron chi connectivity index (χ4n) is 3.43. The molecule has 4 aromatic rings. The molecule has 0 amide bonds. The standard InChI is InChI=1S/C23H24Br2N5O2S/c1-23(2,3)16-4-6-18(7-5-16)33(31,32)28-22-9-8-19(25)21-11-20(27-30(21)22)15-10-17(24)13-29(12-15)14-26/h4-13,28H,14,26H2,1-3H3/q+1. The summed E-state index contributed by atoms with van der Waals surface area (Å²) < 4.78 is 34.0. The summed E-state index contributed by atoms with van der Waals surface area (Å²) in [5.74, 6) is 0.334. The van der Waals surface area contributed by atoms with Crippen molar-refractivity contribution in [3.8, 4) is 11.3 Å². The molecule has 0 unspecified atom stereocenters. The van der Waals surface area contributed by atoms with E-state index in [2.05, 4.69) is 62.5 Å². The Balaban J connectivity index is 1.74. The maximum Gasteiger partial charge on any atom is 0.263 e. The summed E-state index contributed by atoms with van der Waals surface area (Å²) in [6.07, 6.45) is 3.76. The number of nitrogens with one attached hydrogen (secondary N) is 1. The molecule has 0 saturated heterocycles. The smallest absolute Gasteiger partial charge is 0.263 e. The predicted molar refractivity (Wildman–Crippen MR) is 136 cm³/mol. The predicted octanol–water partition coefficient (Wildman–Crippen LogP) is 4.83. The summed E-state index contributed by atoms with van der Waals surface area (Å²) in [5, 5.41) is 4.67. The first-order valence-electron chi connectivity index (χ1n) is 10.2. The Bertz CT molecular complexity index is 1440. The van der Waals surface area contributed by atoms with Gasteiger partial charge in [0.2, 0.25) is 0 Å². The molecule has 0 aliphatic heterocycles. The van der Waals surface area contributed by atoms with Crippen LogP contribution in [-0.4, -0.2) is 18.0 Å². The first-order valence-corrected chi connectivity index (χ1v) is 13.3. The molecule has 0 atom stereocenters. The Hall–Kier alpha value is -2.27. The number of benzene rings is 1. The van der Waals surface area contributed by atoms with Crippen LogP contribution in [0.3, 0.4) is 0 Å². The van der Waals surface area contributed by atoms with E-state index in [1.165, 1.54) is 0 Å². The summed E-state index contributed by atoms with van der Waals surface area (Å²) in [7, 11) is -3.81. The zero-order chi connectivity index (χ0) is 24.0. The van der Waals surface area contributed by atoms with E-state index in [4.69, 9.17) is 5.73 Å². The molecule has 0 radical (unpaired) electrons.